The number of hydrogen-bond acceptors (Lipinski definition) is 4. The van der Waals surface area contributed by atoms with Crippen LogP contribution in [0.3, 0.4) is 0 Å². The maximum Gasteiger partial charge on any atom is 0.416 e. The molecule has 2 aliphatic heterocycles. The van der Waals surface area contributed by atoms with E-state index in [0.29, 0.717) is 46.3 Å². The number of rotatable bonds is 3. The monoisotopic (exact) mass is 533 g/mol. The number of amides is 1. The molecule has 200 valence electrons. The highest BCUT2D eigenvalue weighted by molar-refractivity contribution is 6.05. The normalized spacial score (nSPS) is 18.6. The summed E-state index contributed by atoms with van der Waals surface area (Å²) in [7, 11) is 0. The smallest absolute Gasteiger partial charge is 0.416 e. The lowest BCUT2D eigenvalue weighted by atomic mass is 9.99. The van der Waals surface area contributed by atoms with E-state index < -0.39 is 29.1 Å². The molecule has 0 unspecified atom stereocenters. The van der Waals surface area contributed by atoms with E-state index in [-0.39, 0.29) is 38.3 Å². The van der Waals surface area contributed by atoms with Crippen LogP contribution in [-0.4, -0.2) is 36.5 Å². The van der Waals surface area contributed by atoms with Gasteiger partial charge in [-0.05, 0) is 48.7 Å². The van der Waals surface area contributed by atoms with Crippen LogP contribution < -0.4 is 20.5 Å². The van der Waals surface area contributed by atoms with E-state index >= 15 is 0 Å². The molecule has 3 aromatic rings. The summed E-state index contributed by atoms with van der Waals surface area (Å²) in [6, 6.07) is 9.78. The highest BCUT2D eigenvalue weighted by atomic mass is 19.4. The Labute approximate surface area is 214 Å². The Morgan fingerprint density at radius 2 is 1.84 bits per heavy atom. The van der Waals surface area contributed by atoms with Gasteiger partial charge in [-0.15, -0.1) is 0 Å². The fourth-order valence-electron chi connectivity index (χ4n) is 4.73. The van der Waals surface area contributed by atoms with E-state index in [0.717, 1.165) is 12.1 Å². The lowest BCUT2D eigenvalue weighted by molar-refractivity contribution is -0.137. The van der Waals surface area contributed by atoms with Gasteiger partial charge in [0, 0.05) is 48.6 Å². The number of ether oxygens (including phenoxy) is 1. The number of nitrogens with one attached hydrogen (secondary N) is 2. The van der Waals surface area contributed by atoms with Crippen molar-refractivity contribution in [2.45, 2.75) is 37.8 Å². The number of H-pyrrole nitrogens is 1. The molecule has 0 radical (unpaired) electrons. The Hall–Kier alpha value is -3.89. The van der Waals surface area contributed by atoms with Crippen LogP contribution in [0.1, 0.15) is 36.8 Å². The molecule has 1 fully saturated rings. The molecule has 0 aliphatic carbocycles. The highest BCUT2D eigenvalue weighted by Crippen LogP contribution is 2.38. The topological polar surface area (TPSA) is 74.4 Å². The van der Waals surface area contributed by atoms with Crippen LogP contribution in [0.2, 0.25) is 0 Å². The third-order valence-electron chi connectivity index (χ3n) is 6.74. The summed E-state index contributed by atoms with van der Waals surface area (Å²) >= 11 is 0. The van der Waals surface area contributed by atoms with Crippen molar-refractivity contribution in [1.82, 2.24) is 4.98 Å². The van der Waals surface area contributed by atoms with Crippen molar-refractivity contribution in [3.8, 4) is 5.75 Å². The van der Waals surface area contributed by atoms with Gasteiger partial charge in [-0.2, -0.15) is 13.2 Å². The van der Waals surface area contributed by atoms with E-state index in [1.165, 1.54) is 12.1 Å². The van der Waals surface area contributed by atoms with E-state index in [1.54, 1.807) is 29.2 Å². The first kappa shape index (κ1) is 25.7. The van der Waals surface area contributed by atoms with Crippen LogP contribution >= 0.6 is 0 Å². The Morgan fingerprint density at radius 1 is 1.08 bits per heavy atom. The zero-order valence-electron chi connectivity index (χ0n) is 20.1. The minimum atomic E-state index is -4.51. The van der Waals surface area contributed by atoms with Crippen LogP contribution in [-0.2, 0) is 11.0 Å². The molecule has 2 aliphatic rings. The number of nitrogens with zero attached hydrogens (tertiary/aromatic N) is 1. The van der Waals surface area contributed by atoms with Gasteiger partial charge in [-0.3, -0.25) is 9.59 Å². The number of alkyl halides is 5. The van der Waals surface area contributed by atoms with Crippen molar-refractivity contribution < 1.29 is 31.5 Å². The zero-order chi connectivity index (χ0) is 27.1. The number of carbonyl (C=O) groups is 1. The van der Waals surface area contributed by atoms with E-state index in [4.69, 9.17) is 4.74 Å². The Bertz CT molecular complexity index is 1470. The number of allylic oxidation sites excluding steroid dienone is 1. The third kappa shape index (κ3) is 5.51. The second-order valence-electron chi connectivity index (χ2n) is 9.45. The maximum atomic E-state index is 13.5. The molecule has 1 amide bonds. The van der Waals surface area contributed by atoms with Gasteiger partial charge in [-0.25, -0.2) is 8.78 Å². The fourth-order valence-corrected chi connectivity index (χ4v) is 4.73. The summed E-state index contributed by atoms with van der Waals surface area (Å²) in [6.45, 7) is 0.388. The Balaban J connectivity index is 1.35. The van der Waals surface area contributed by atoms with Crippen molar-refractivity contribution in [2.75, 3.05) is 29.9 Å². The molecular weight excluding hydrogens is 509 g/mol. The first-order valence-corrected chi connectivity index (χ1v) is 12.1. The standard InChI is InChI=1S/C27H24F5N3O3/c28-26(29)7-9-35(10-8-26)22-12-17-3-5-19(15-21(17)34-25(22)37)33-24(36)13-16-2-1-11-38-23-14-18(27(30,31)32)4-6-20(16)23/h3-6,12-15H,1-2,7-11H2,(H,33,36)(H,34,37). The molecule has 0 saturated carbocycles. The van der Waals surface area contributed by atoms with Crippen LogP contribution in [0.15, 0.2) is 53.3 Å². The van der Waals surface area contributed by atoms with Crippen molar-refractivity contribution in [1.29, 1.82) is 0 Å². The molecule has 0 spiro atoms. The van der Waals surface area contributed by atoms with Crippen molar-refractivity contribution >= 4 is 33.8 Å². The van der Waals surface area contributed by atoms with Crippen LogP contribution in [0, 0.1) is 0 Å². The number of aromatic amines is 1. The van der Waals surface area contributed by atoms with Gasteiger partial charge in [0.25, 0.3) is 11.5 Å². The maximum absolute atomic E-state index is 13.5. The van der Waals surface area contributed by atoms with Gasteiger partial charge in [0.15, 0.2) is 0 Å². The van der Waals surface area contributed by atoms with Gasteiger partial charge in [-0.1, -0.05) is 12.1 Å². The number of benzene rings is 2. The van der Waals surface area contributed by atoms with Crippen molar-refractivity contribution in [3.63, 3.8) is 0 Å². The summed E-state index contributed by atoms with van der Waals surface area (Å²) in [4.78, 5) is 29.9. The molecule has 0 atom stereocenters. The van der Waals surface area contributed by atoms with E-state index in [9.17, 15) is 31.5 Å². The lowest BCUT2D eigenvalue weighted by Crippen LogP contribution is -2.41. The highest BCUT2D eigenvalue weighted by Gasteiger charge is 2.35. The molecule has 0 bridgehead atoms. The van der Waals surface area contributed by atoms with Crippen LogP contribution in [0.5, 0.6) is 5.75 Å². The molecular formula is C27H24F5N3O3. The average Bonchev–Trinajstić information content (AvgIpc) is 3.05. The minimum absolute atomic E-state index is 0.0767. The molecule has 6 nitrogen and oxygen atoms in total. The number of aromatic nitrogens is 1. The molecule has 38 heavy (non-hydrogen) atoms. The molecule has 2 N–H and O–H groups in total. The number of fused-ring (bicyclic) bond motifs is 2. The largest absolute Gasteiger partial charge is 0.493 e. The van der Waals surface area contributed by atoms with Gasteiger partial charge >= 0.3 is 6.18 Å². The third-order valence-corrected chi connectivity index (χ3v) is 6.74. The SMILES string of the molecule is O=C(C=C1CCCOc2cc(C(F)(F)F)ccc21)Nc1ccc2cc(N3CCC(F)(F)CC3)c(=O)[nH]c2c1. The first-order valence-electron chi connectivity index (χ1n) is 12.1. The second-order valence-corrected chi connectivity index (χ2v) is 9.45. The zero-order valence-corrected chi connectivity index (χ0v) is 20.1. The molecule has 3 heterocycles. The summed E-state index contributed by atoms with van der Waals surface area (Å²) in [5.74, 6) is -3.13. The van der Waals surface area contributed by atoms with Gasteiger partial charge < -0.3 is 19.9 Å². The predicted molar refractivity (Wildman–Crippen MR) is 134 cm³/mol. The van der Waals surface area contributed by atoms with Crippen LogP contribution in [0.4, 0.5) is 33.3 Å². The minimum Gasteiger partial charge on any atom is -0.493 e. The predicted octanol–water partition coefficient (Wildman–Crippen LogP) is 5.98. The number of piperidine rings is 1. The first-order chi connectivity index (χ1) is 18.0. The van der Waals surface area contributed by atoms with Crippen molar-refractivity contribution in [2.24, 2.45) is 0 Å². The molecule has 1 aromatic heterocycles. The summed E-state index contributed by atoms with van der Waals surface area (Å²) in [5.41, 5.74) is 0.913. The number of hydrogen-bond donors (Lipinski definition) is 2. The molecule has 5 rings (SSSR count). The van der Waals surface area contributed by atoms with Crippen molar-refractivity contribution in [3.05, 3.63) is 70.0 Å². The van der Waals surface area contributed by atoms with E-state index in [1.807, 2.05) is 0 Å². The number of carbonyl (C=O) groups excluding carboxylic acids is 1. The molecule has 11 heteroatoms. The van der Waals surface area contributed by atoms with E-state index in [2.05, 4.69) is 10.3 Å². The number of halogens is 5. The van der Waals surface area contributed by atoms with Crippen LogP contribution in [0.25, 0.3) is 16.5 Å². The fraction of sp³-hybridized carbons (Fsp3) is 0.333. The second kappa shape index (κ2) is 9.77. The van der Waals surface area contributed by atoms with Gasteiger partial charge in [0.1, 0.15) is 11.4 Å². The lowest BCUT2D eigenvalue weighted by Gasteiger charge is -2.32. The summed E-state index contributed by atoms with van der Waals surface area (Å²) < 4.78 is 71.8. The number of anilines is 2. The van der Waals surface area contributed by atoms with Gasteiger partial charge in [0.05, 0.1) is 17.7 Å². The molecule has 2 aromatic carbocycles. The average molecular weight is 533 g/mol. The Morgan fingerprint density at radius 3 is 2.58 bits per heavy atom. The Kier molecular flexibility index (Phi) is 6.62. The summed E-state index contributed by atoms with van der Waals surface area (Å²) in [5, 5.41) is 3.39. The summed E-state index contributed by atoms with van der Waals surface area (Å²) in [6.07, 6.45) is -2.82. The quantitative estimate of drug-likeness (QED) is 0.321. The van der Waals surface area contributed by atoms with Gasteiger partial charge in [0.2, 0.25) is 5.91 Å². The number of pyridine rings is 1. The molecule has 1 saturated heterocycles.